The van der Waals surface area contributed by atoms with E-state index in [1.54, 1.807) is 0 Å². The number of likely N-dealkylation sites (tertiary alicyclic amines) is 1. The molecule has 4 heteroatoms. The van der Waals surface area contributed by atoms with Crippen LogP contribution in [0.25, 0.3) is 0 Å². The highest BCUT2D eigenvalue weighted by Gasteiger charge is 2.48. The van der Waals surface area contributed by atoms with E-state index in [1.807, 2.05) is 17.9 Å². The fourth-order valence-electron chi connectivity index (χ4n) is 4.76. The third-order valence-electron chi connectivity index (χ3n) is 6.04. The van der Waals surface area contributed by atoms with Crippen molar-refractivity contribution < 1.29 is 4.79 Å². The summed E-state index contributed by atoms with van der Waals surface area (Å²) in [6.07, 6.45) is 14.3. The normalized spacial score (nSPS) is 32.4. The molecule has 0 spiro atoms. The zero-order chi connectivity index (χ0) is 15.1. The maximum absolute atomic E-state index is 12.9. The van der Waals surface area contributed by atoms with Crippen molar-refractivity contribution in [3.63, 3.8) is 0 Å². The predicted octanol–water partition coefficient (Wildman–Crippen LogP) is 3.09. The molecule has 3 unspecified atom stereocenters. The number of rotatable bonds is 3. The van der Waals surface area contributed by atoms with Gasteiger partial charge in [-0.2, -0.15) is 5.10 Å². The Morgan fingerprint density at radius 2 is 2.00 bits per heavy atom. The van der Waals surface area contributed by atoms with Crippen molar-refractivity contribution in [1.82, 2.24) is 14.7 Å². The molecule has 3 fully saturated rings. The first-order valence-electron chi connectivity index (χ1n) is 9.03. The van der Waals surface area contributed by atoms with Gasteiger partial charge in [0.25, 0.3) is 0 Å². The van der Waals surface area contributed by atoms with E-state index in [2.05, 4.69) is 16.2 Å². The Hall–Kier alpha value is -1.32. The summed E-state index contributed by atoms with van der Waals surface area (Å²) in [5.41, 5.74) is 1.24. The molecule has 1 saturated heterocycles. The molecule has 1 aliphatic heterocycles. The quantitative estimate of drug-likeness (QED) is 0.860. The number of carbonyl (C=O) groups excluding carboxylic acids is 1. The van der Waals surface area contributed by atoms with Gasteiger partial charge in [0.05, 0.1) is 6.20 Å². The Bertz CT molecular complexity index is 546. The first-order valence-corrected chi connectivity index (χ1v) is 9.03. The minimum atomic E-state index is 0.230. The minimum Gasteiger partial charge on any atom is -0.339 e. The predicted molar refractivity (Wildman–Crippen MR) is 85.4 cm³/mol. The van der Waals surface area contributed by atoms with E-state index in [1.165, 1.54) is 50.5 Å². The lowest BCUT2D eigenvalue weighted by Crippen LogP contribution is -2.41. The van der Waals surface area contributed by atoms with Crippen LogP contribution in [0, 0.1) is 11.8 Å². The number of amides is 1. The largest absolute Gasteiger partial charge is 0.339 e. The SMILES string of the molecule is Cn1cc(C2CC2C(=O)N2CCCC2C2CCCCC2)cn1. The van der Waals surface area contributed by atoms with Crippen molar-refractivity contribution in [3.8, 4) is 0 Å². The number of hydrogen-bond donors (Lipinski definition) is 0. The average Bonchev–Trinajstić information content (AvgIpc) is 2.98. The van der Waals surface area contributed by atoms with Crippen LogP contribution < -0.4 is 0 Å². The molecule has 1 aromatic rings. The molecule has 2 saturated carbocycles. The molecular formula is C18H27N3O. The third-order valence-corrected chi connectivity index (χ3v) is 6.04. The molecule has 0 N–H and O–H groups in total. The maximum Gasteiger partial charge on any atom is 0.226 e. The number of carbonyl (C=O) groups is 1. The molecule has 4 nitrogen and oxygen atoms in total. The van der Waals surface area contributed by atoms with Gasteiger partial charge in [-0.15, -0.1) is 0 Å². The molecule has 22 heavy (non-hydrogen) atoms. The van der Waals surface area contributed by atoms with Crippen LogP contribution in [0.5, 0.6) is 0 Å². The van der Waals surface area contributed by atoms with Gasteiger partial charge in [0.1, 0.15) is 0 Å². The topological polar surface area (TPSA) is 38.1 Å². The lowest BCUT2D eigenvalue weighted by atomic mass is 9.83. The molecule has 2 heterocycles. The van der Waals surface area contributed by atoms with Gasteiger partial charge in [-0.05, 0) is 49.5 Å². The third kappa shape index (κ3) is 2.57. The molecule has 3 aliphatic rings. The molecule has 3 atom stereocenters. The Kier molecular flexibility index (Phi) is 3.71. The zero-order valence-corrected chi connectivity index (χ0v) is 13.6. The van der Waals surface area contributed by atoms with Crippen LogP contribution in [0.2, 0.25) is 0 Å². The summed E-state index contributed by atoms with van der Waals surface area (Å²) in [6, 6.07) is 0.544. The summed E-state index contributed by atoms with van der Waals surface area (Å²) >= 11 is 0. The Morgan fingerprint density at radius 1 is 1.18 bits per heavy atom. The molecule has 120 valence electrons. The number of hydrogen-bond acceptors (Lipinski definition) is 2. The molecule has 0 radical (unpaired) electrons. The lowest BCUT2D eigenvalue weighted by Gasteiger charge is -2.34. The highest BCUT2D eigenvalue weighted by molar-refractivity contribution is 5.83. The van der Waals surface area contributed by atoms with E-state index >= 15 is 0 Å². The Balaban J connectivity index is 1.41. The summed E-state index contributed by atoms with van der Waals surface area (Å²) < 4.78 is 1.84. The van der Waals surface area contributed by atoms with E-state index in [0.717, 1.165) is 18.9 Å². The van der Waals surface area contributed by atoms with Crippen LogP contribution in [-0.2, 0) is 11.8 Å². The Labute approximate surface area is 132 Å². The van der Waals surface area contributed by atoms with E-state index < -0.39 is 0 Å². The molecule has 2 aliphatic carbocycles. The van der Waals surface area contributed by atoms with Crippen molar-refractivity contribution in [2.75, 3.05) is 6.54 Å². The van der Waals surface area contributed by atoms with Gasteiger partial charge < -0.3 is 4.90 Å². The molecule has 0 bridgehead atoms. The van der Waals surface area contributed by atoms with Gasteiger partial charge in [0, 0.05) is 31.7 Å². The second-order valence-electron chi connectivity index (χ2n) is 7.54. The standard InChI is InChI=1S/C18H27N3O/c1-20-12-14(11-19-20)15-10-16(15)18(22)21-9-5-8-17(21)13-6-3-2-4-7-13/h11-13,15-17H,2-10H2,1H3. The van der Waals surface area contributed by atoms with Crippen LogP contribution in [0.1, 0.15) is 62.8 Å². The van der Waals surface area contributed by atoms with E-state index in [0.29, 0.717) is 17.9 Å². The van der Waals surface area contributed by atoms with Crippen molar-refractivity contribution in [3.05, 3.63) is 18.0 Å². The van der Waals surface area contributed by atoms with Crippen LogP contribution >= 0.6 is 0 Å². The van der Waals surface area contributed by atoms with Gasteiger partial charge >= 0.3 is 0 Å². The fourth-order valence-corrected chi connectivity index (χ4v) is 4.76. The van der Waals surface area contributed by atoms with Crippen molar-refractivity contribution in [2.24, 2.45) is 18.9 Å². The highest BCUT2D eigenvalue weighted by Crippen LogP contribution is 2.49. The summed E-state index contributed by atoms with van der Waals surface area (Å²) in [5.74, 6) is 1.86. The van der Waals surface area contributed by atoms with Gasteiger partial charge in [-0.3, -0.25) is 9.48 Å². The maximum atomic E-state index is 12.9. The molecule has 1 amide bonds. The van der Waals surface area contributed by atoms with Gasteiger partial charge in [0.15, 0.2) is 0 Å². The van der Waals surface area contributed by atoms with Crippen molar-refractivity contribution in [2.45, 2.75) is 63.3 Å². The van der Waals surface area contributed by atoms with E-state index in [9.17, 15) is 4.79 Å². The average molecular weight is 301 g/mol. The van der Waals surface area contributed by atoms with Gasteiger partial charge in [-0.1, -0.05) is 19.3 Å². The summed E-state index contributed by atoms with van der Waals surface area (Å²) in [4.78, 5) is 15.2. The first kappa shape index (κ1) is 14.3. The zero-order valence-electron chi connectivity index (χ0n) is 13.6. The van der Waals surface area contributed by atoms with Crippen LogP contribution in [-0.4, -0.2) is 33.2 Å². The first-order chi connectivity index (χ1) is 10.7. The summed E-state index contributed by atoms with van der Waals surface area (Å²) in [6.45, 7) is 0.996. The monoisotopic (exact) mass is 301 g/mol. The summed E-state index contributed by atoms with van der Waals surface area (Å²) in [7, 11) is 1.95. The molecular weight excluding hydrogens is 274 g/mol. The van der Waals surface area contributed by atoms with Crippen LogP contribution in [0.4, 0.5) is 0 Å². The van der Waals surface area contributed by atoms with Crippen molar-refractivity contribution >= 4 is 5.91 Å². The van der Waals surface area contributed by atoms with Gasteiger partial charge in [0.2, 0.25) is 5.91 Å². The Morgan fingerprint density at radius 3 is 2.73 bits per heavy atom. The van der Waals surface area contributed by atoms with E-state index in [4.69, 9.17) is 0 Å². The van der Waals surface area contributed by atoms with Gasteiger partial charge in [-0.25, -0.2) is 0 Å². The van der Waals surface area contributed by atoms with Crippen LogP contribution in [0.15, 0.2) is 12.4 Å². The number of aryl methyl sites for hydroxylation is 1. The number of nitrogens with zero attached hydrogens (tertiary/aromatic N) is 3. The smallest absolute Gasteiger partial charge is 0.226 e. The highest BCUT2D eigenvalue weighted by atomic mass is 16.2. The summed E-state index contributed by atoms with van der Waals surface area (Å²) in [5, 5.41) is 4.25. The van der Waals surface area contributed by atoms with E-state index in [-0.39, 0.29) is 5.92 Å². The second-order valence-corrected chi connectivity index (χ2v) is 7.54. The van der Waals surface area contributed by atoms with Crippen LogP contribution in [0.3, 0.4) is 0 Å². The second kappa shape index (κ2) is 5.71. The lowest BCUT2D eigenvalue weighted by molar-refractivity contribution is -0.134. The minimum absolute atomic E-state index is 0.230. The molecule has 0 aromatic carbocycles. The van der Waals surface area contributed by atoms with Crippen molar-refractivity contribution in [1.29, 1.82) is 0 Å². The molecule has 4 rings (SSSR count). The fraction of sp³-hybridized carbons (Fsp3) is 0.778. The molecule has 1 aromatic heterocycles. The number of aromatic nitrogens is 2.